The van der Waals surface area contributed by atoms with Crippen LogP contribution in [-0.2, 0) is 14.3 Å². The molecule has 0 radical (unpaired) electrons. The smallest absolute Gasteiger partial charge is 0.409 e. The van der Waals surface area contributed by atoms with E-state index >= 15 is 0 Å². The van der Waals surface area contributed by atoms with Crippen molar-refractivity contribution in [2.24, 2.45) is 5.92 Å². The molecule has 1 saturated carbocycles. The van der Waals surface area contributed by atoms with Gasteiger partial charge in [-0.1, -0.05) is 6.07 Å². The Morgan fingerprint density at radius 3 is 2.51 bits per heavy atom. The molecule has 202 valence electrons. The number of amides is 3. The van der Waals surface area contributed by atoms with Crippen LogP contribution in [0.25, 0.3) is 6.08 Å². The van der Waals surface area contributed by atoms with Crippen LogP contribution in [0.3, 0.4) is 0 Å². The highest BCUT2D eigenvalue weighted by Gasteiger charge is 2.43. The van der Waals surface area contributed by atoms with Gasteiger partial charge < -0.3 is 29.3 Å². The van der Waals surface area contributed by atoms with Gasteiger partial charge in [-0.05, 0) is 62.8 Å². The SMILES string of the molecule is CCOC(=O)N1CCC(NC(=O)C2CCC3S/C(=C\c4ccc(OC)c(OC)c4)C(=O)N(C)C3C2)CC1. The zero-order valence-corrected chi connectivity index (χ0v) is 22.8. The Hall–Kier alpha value is -2.88. The van der Waals surface area contributed by atoms with Gasteiger partial charge in [-0.2, -0.15) is 0 Å². The number of thioether (sulfide) groups is 1. The molecule has 10 heteroatoms. The second-order valence-corrected chi connectivity index (χ2v) is 11.0. The molecular weight excluding hydrogens is 494 g/mol. The van der Waals surface area contributed by atoms with E-state index < -0.39 is 0 Å². The molecule has 1 N–H and O–H groups in total. The van der Waals surface area contributed by atoms with Crippen molar-refractivity contribution >= 4 is 35.7 Å². The Labute approximate surface area is 222 Å². The van der Waals surface area contributed by atoms with Gasteiger partial charge in [-0.3, -0.25) is 9.59 Å². The van der Waals surface area contributed by atoms with Gasteiger partial charge in [0.1, 0.15) is 0 Å². The molecule has 3 fully saturated rings. The summed E-state index contributed by atoms with van der Waals surface area (Å²) in [5.74, 6) is 1.19. The third-order valence-electron chi connectivity index (χ3n) is 7.51. The maximum absolute atomic E-state index is 13.2. The van der Waals surface area contributed by atoms with Crippen molar-refractivity contribution in [3.8, 4) is 11.5 Å². The van der Waals surface area contributed by atoms with E-state index in [2.05, 4.69) is 5.32 Å². The predicted molar refractivity (Wildman–Crippen MR) is 143 cm³/mol. The van der Waals surface area contributed by atoms with Gasteiger partial charge in [0.05, 0.1) is 25.7 Å². The number of likely N-dealkylation sites (tertiary alicyclic amines) is 1. The Morgan fingerprint density at radius 2 is 1.84 bits per heavy atom. The van der Waals surface area contributed by atoms with E-state index in [1.807, 2.05) is 36.2 Å². The van der Waals surface area contributed by atoms with Crippen molar-refractivity contribution in [1.29, 1.82) is 0 Å². The molecule has 9 nitrogen and oxygen atoms in total. The standard InChI is InChI=1S/C27H37N3O6S/c1-5-36-27(33)30-12-10-19(11-13-30)28-25(31)18-7-9-23-20(16-18)29(2)26(32)24(37-23)15-17-6-8-21(34-3)22(14-17)35-4/h6,8,14-15,18-20,23H,5,7,9-13,16H2,1-4H3,(H,28,31)/b24-15-. The van der Waals surface area contributed by atoms with Crippen LogP contribution >= 0.6 is 11.8 Å². The van der Waals surface area contributed by atoms with Crippen LogP contribution in [0.15, 0.2) is 23.1 Å². The summed E-state index contributed by atoms with van der Waals surface area (Å²) in [5.41, 5.74) is 0.877. The zero-order chi connectivity index (χ0) is 26.5. The predicted octanol–water partition coefficient (Wildman–Crippen LogP) is 3.52. The Bertz CT molecular complexity index is 1040. The molecule has 3 amide bonds. The summed E-state index contributed by atoms with van der Waals surface area (Å²) in [6.45, 7) is 3.33. The topological polar surface area (TPSA) is 97.4 Å². The first-order valence-electron chi connectivity index (χ1n) is 12.9. The summed E-state index contributed by atoms with van der Waals surface area (Å²) in [4.78, 5) is 42.5. The van der Waals surface area contributed by atoms with E-state index in [-0.39, 0.29) is 41.2 Å². The van der Waals surface area contributed by atoms with Gasteiger partial charge in [0.15, 0.2) is 11.5 Å². The molecule has 3 atom stereocenters. The number of hydrogen-bond donors (Lipinski definition) is 1. The maximum Gasteiger partial charge on any atom is 0.409 e. The van der Waals surface area contributed by atoms with Crippen LogP contribution in [0.4, 0.5) is 4.79 Å². The van der Waals surface area contributed by atoms with Crippen molar-refractivity contribution in [2.75, 3.05) is 41.0 Å². The highest BCUT2D eigenvalue weighted by molar-refractivity contribution is 8.04. The van der Waals surface area contributed by atoms with E-state index in [0.717, 1.165) is 31.2 Å². The number of ether oxygens (including phenoxy) is 3. The molecule has 0 spiro atoms. The fourth-order valence-corrected chi connectivity index (χ4v) is 6.85. The molecular formula is C27H37N3O6S. The largest absolute Gasteiger partial charge is 0.493 e. The second-order valence-electron chi connectivity index (χ2n) is 9.74. The molecule has 0 bridgehead atoms. The Kier molecular flexibility index (Phi) is 8.89. The van der Waals surface area contributed by atoms with E-state index in [9.17, 15) is 14.4 Å². The lowest BCUT2D eigenvalue weighted by Crippen LogP contribution is -2.53. The highest BCUT2D eigenvalue weighted by Crippen LogP contribution is 2.43. The lowest BCUT2D eigenvalue weighted by Gasteiger charge is -2.44. The van der Waals surface area contributed by atoms with Gasteiger partial charge in [-0.15, -0.1) is 11.8 Å². The molecule has 0 aromatic heterocycles. The van der Waals surface area contributed by atoms with Crippen molar-refractivity contribution < 1.29 is 28.6 Å². The molecule has 1 aromatic rings. The quantitative estimate of drug-likeness (QED) is 0.561. The number of fused-ring (bicyclic) bond motifs is 1. The average Bonchev–Trinajstić information content (AvgIpc) is 2.91. The summed E-state index contributed by atoms with van der Waals surface area (Å²) >= 11 is 1.62. The summed E-state index contributed by atoms with van der Waals surface area (Å²) < 4.78 is 15.8. The van der Waals surface area contributed by atoms with Crippen molar-refractivity contribution in [3.05, 3.63) is 28.7 Å². The van der Waals surface area contributed by atoms with Crippen LogP contribution in [0.1, 0.15) is 44.6 Å². The number of rotatable bonds is 6. The van der Waals surface area contributed by atoms with E-state index in [1.54, 1.807) is 37.8 Å². The third kappa shape index (κ3) is 6.17. The molecule has 3 unspecified atom stereocenters. The number of hydrogen-bond acceptors (Lipinski definition) is 7. The van der Waals surface area contributed by atoms with Crippen LogP contribution < -0.4 is 14.8 Å². The van der Waals surface area contributed by atoms with Crippen LogP contribution in [0.5, 0.6) is 11.5 Å². The average molecular weight is 532 g/mol. The van der Waals surface area contributed by atoms with Gasteiger partial charge in [0.25, 0.3) is 5.91 Å². The zero-order valence-electron chi connectivity index (χ0n) is 22.0. The fourth-order valence-electron chi connectivity index (χ4n) is 5.37. The summed E-state index contributed by atoms with van der Waals surface area (Å²) in [6.07, 6.45) is 5.40. The Morgan fingerprint density at radius 1 is 1.11 bits per heavy atom. The molecule has 37 heavy (non-hydrogen) atoms. The molecule has 2 heterocycles. The number of benzene rings is 1. The lowest BCUT2D eigenvalue weighted by molar-refractivity contribution is -0.132. The molecule has 4 rings (SSSR count). The molecule has 2 aliphatic heterocycles. The Balaban J connectivity index is 1.34. The fraction of sp³-hybridized carbons (Fsp3) is 0.593. The normalized spacial score (nSPS) is 25.5. The van der Waals surface area contributed by atoms with Crippen LogP contribution in [0, 0.1) is 5.92 Å². The highest BCUT2D eigenvalue weighted by atomic mass is 32.2. The van der Waals surface area contributed by atoms with Gasteiger partial charge in [-0.25, -0.2) is 4.79 Å². The minimum atomic E-state index is -0.285. The monoisotopic (exact) mass is 531 g/mol. The molecule has 3 aliphatic rings. The summed E-state index contributed by atoms with van der Waals surface area (Å²) in [6, 6.07) is 5.69. The molecule has 1 aliphatic carbocycles. The number of nitrogens with one attached hydrogen (secondary N) is 1. The van der Waals surface area contributed by atoms with Crippen LogP contribution in [0.2, 0.25) is 0 Å². The number of piperidine rings is 1. The second kappa shape index (κ2) is 12.1. The number of methoxy groups -OCH3 is 2. The van der Waals surface area contributed by atoms with Gasteiger partial charge >= 0.3 is 6.09 Å². The third-order valence-corrected chi connectivity index (χ3v) is 8.90. The first-order chi connectivity index (χ1) is 17.8. The maximum atomic E-state index is 13.2. The van der Waals surface area contributed by atoms with Crippen molar-refractivity contribution in [3.63, 3.8) is 0 Å². The first kappa shape index (κ1) is 27.2. The summed E-state index contributed by atoms with van der Waals surface area (Å²) in [5, 5.41) is 3.46. The first-order valence-corrected chi connectivity index (χ1v) is 13.8. The van der Waals surface area contributed by atoms with Crippen LogP contribution in [-0.4, -0.2) is 86.0 Å². The van der Waals surface area contributed by atoms with E-state index in [4.69, 9.17) is 14.2 Å². The van der Waals surface area contributed by atoms with Gasteiger partial charge in [0.2, 0.25) is 5.91 Å². The number of likely N-dealkylation sites (N-methyl/N-ethyl adjacent to an activating group) is 1. The van der Waals surface area contributed by atoms with Crippen molar-refractivity contribution in [2.45, 2.75) is 56.4 Å². The van der Waals surface area contributed by atoms with E-state index in [1.165, 1.54) is 0 Å². The summed E-state index contributed by atoms with van der Waals surface area (Å²) in [7, 11) is 5.03. The number of carbonyl (C=O) groups is 3. The minimum Gasteiger partial charge on any atom is -0.493 e. The number of carbonyl (C=O) groups excluding carboxylic acids is 3. The van der Waals surface area contributed by atoms with Crippen molar-refractivity contribution in [1.82, 2.24) is 15.1 Å². The molecule has 2 saturated heterocycles. The lowest BCUT2D eigenvalue weighted by atomic mass is 9.83. The van der Waals surface area contributed by atoms with E-state index in [0.29, 0.717) is 42.5 Å². The minimum absolute atomic E-state index is 0.0200. The molecule has 1 aromatic carbocycles. The number of nitrogens with zero attached hydrogens (tertiary/aromatic N) is 2. The van der Waals surface area contributed by atoms with Gasteiger partial charge in [0, 0.05) is 43.4 Å².